The van der Waals surface area contributed by atoms with Gasteiger partial charge in [0.05, 0.1) is 18.3 Å². The first-order valence-corrected chi connectivity index (χ1v) is 8.45. The second kappa shape index (κ2) is 8.70. The van der Waals surface area contributed by atoms with Gasteiger partial charge in [-0.2, -0.15) is 5.10 Å². The van der Waals surface area contributed by atoms with Crippen molar-refractivity contribution in [1.82, 2.24) is 0 Å². The van der Waals surface area contributed by atoms with Crippen LogP contribution in [0, 0.1) is 12.7 Å². The molecule has 2 N–H and O–H groups in total. The highest BCUT2D eigenvalue weighted by molar-refractivity contribution is 8.13. The van der Waals surface area contributed by atoms with Gasteiger partial charge in [-0.15, -0.1) is 5.10 Å². The molecule has 0 atom stereocenters. The molecule has 0 heterocycles. The molecule has 0 saturated heterocycles. The molecule has 24 heavy (non-hydrogen) atoms. The fourth-order valence-electron chi connectivity index (χ4n) is 1.94. The molecule has 0 amide bonds. The number of nitrogens with two attached hydrogens (primary N) is 1. The first-order valence-electron chi connectivity index (χ1n) is 7.08. The SMILES string of the molecule is COc1c(F)cc(C=NN=C(N)SCc2ccccc2)c(C)c1Cl. The molecular formula is C17H17ClFN3OS. The zero-order valence-corrected chi connectivity index (χ0v) is 14.9. The lowest BCUT2D eigenvalue weighted by atomic mass is 10.1. The van der Waals surface area contributed by atoms with Crippen molar-refractivity contribution in [2.45, 2.75) is 12.7 Å². The normalized spacial score (nSPS) is 11.9. The number of benzene rings is 2. The van der Waals surface area contributed by atoms with Crippen LogP contribution < -0.4 is 10.5 Å². The maximum absolute atomic E-state index is 13.8. The van der Waals surface area contributed by atoms with Gasteiger partial charge in [-0.1, -0.05) is 53.7 Å². The van der Waals surface area contributed by atoms with Crippen molar-refractivity contribution in [3.05, 3.63) is 63.9 Å². The van der Waals surface area contributed by atoms with Crippen molar-refractivity contribution >= 4 is 34.7 Å². The van der Waals surface area contributed by atoms with Crippen LogP contribution in [0.25, 0.3) is 0 Å². The molecule has 0 aliphatic carbocycles. The summed E-state index contributed by atoms with van der Waals surface area (Å²) in [5.74, 6) is 0.172. The number of methoxy groups -OCH3 is 1. The Kier molecular flexibility index (Phi) is 6.63. The molecule has 0 aliphatic heterocycles. The van der Waals surface area contributed by atoms with Crippen LogP contribution in [0.5, 0.6) is 5.75 Å². The predicted octanol–water partition coefficient (Wildman–Crippen LogP) is 4.38. The first-order chi connectivity index (χ1) is 11.5. The Labute approximate surface area is 149 Å². The molecule has 2 aromatic rings. The summed E-state index contributed by atoms with van der Waals surface area (Å²) in [6.45, 7) is 1.75. The van der Waals surface area contributed by atoms with Gasteiger partial charge >= 0.3 is 0 Å². The average molecular weight is 366 g/mol. The van der Waals surface area contributed by atoms with E-state index in [-0.39, 0.29) is 10.8 Å². The summed E-state index contributed by atoms with van der Waals surface area (Å²) in [5.41, 5.74) is 8.12. The molecule has 0 fully saturated rings. The zero-order valence-electron chi connectivity index (χ0n) is 13.3. The Balaban J connectivity index is 2.05. The molecule has 7 heteroatoms. The molecule has 0 spiro atoms. The van der Waals surface area contributed by atoms with Crippen LogP contribution in [0.1, 0.15) is 16.7 Å². The molecule has 2 rings (SSSR count). The maximum atomic E-state index is 13.8. The molecule has 2 aromatic carbocycles. The highest BCUT2D eigenvalue weighted by atomic mass is 35.5. The number of rotatable bonds is 5. The van der Waals surface area contributed by atoms with Gasteiger partial charge in [0.15, 0.2) is 16.7 Å². The number of hydrogen-bond donors (Lipinski definition) is 1. The summed E-state index contributed by atoms with van der Waals surface area (Å²) in [6.07, 6.45) is 1.42. The quantitative estimate of drug-likeness (QED) is 0.486. The van der Waals surface area contributed by atoms with Gasteiger partial charge in [0.2, 0.25) is 0 Å². The lowest BCUT2D eigenvalue weighted by molar-refractivity contribution is 0.386. The molecule has 0 aromatic heterocycles. The van der Waals surface area contributed by atoms with E-state index in [2.05, 4.69) is 10.2 Å². The third kappa shape index (κ3) is 4.72. The van der Waals surface area contributed by atoms with E-state index >= 15 is 0 Å². The summed E-state index contributed by atoms with van der Waals surface area (Å²) in [4.78, 5) is 0. The third-order valence-electron chi connectivity index (χ3n) is 3.25. The van der Waals surface area contributed by atoms with Crippen molar-refractivity contribution in [2.24, 2.45) is 15.9 Å². The second-order valence-corrected chi connectivity index (χ2v) is 6.25. The fraction of sp³-hybridized carbons (Fsp3) is 0.176. The van der Waals surface area contributed by atoms with Crippen LogP contribution in [0.2, 0.25) is 5.02 Å². The molecular weight excluding hydrogens is 349 g/mol. The molecule has 0 radical (unpaired) electrons. The van der Waals surface area contributed by atoms with Gasteiger partial charge in [0.1, 0.15) is 0 Å². The van der Waals surface area contributed by atoms with Crippen LogP contribution in [-0.4, -0.2) is 18.5 Å². The third-order valence-corrected chi connectivity index (χ3v) is 4.56. The van der Waals surface area contributed by atoms with Crippen molar-refractivity contribution < 1.29 is 9.13 Å². The fourth-order valence-corrected chi connectivity index (χ4v) is 2.83. The number of hydrogen-bond acceptors (Lipinski definition) is 4. The molecule has 0 bridgehead atoms. The van der Waals surface area contributed by atoms with E-state index < -0.39 is 5.82 Å². The minimum atomic E-state index is -0.551. The molecule has 4 nitrogen and oxygen atoms in total. The predicted molar refractivity (Wildman–Crippen MR) is 99.7 cm³/mol. The van der Waals surface area contributed by atoms with Gasteiger partial charge in [-0.05, 0) is 24.1 Å². The largest absolute Gasteiger partial charge is 0.492 e. The number of ether oxygens (including phenoxy) is 1. The van der Waals surface area contributed by atoms with Crippen molar-refractivity contribution in [1.29, 1.82) is 0 Å². The Morgan fingerprint density at radius 1 is 1.38 bits per heavy atom. The number of amidine groups is 1. The highest BCUT2D eigenvalue weighted by Crippen LogP contribution is 2.32. The minimum absolute atomic E-state index is 0.0211. The Bertz CT molecular complexity index is 766. The van der Waals surface area contributed by atoms with Crippen LogP contribution in [0.15, 0.2) is 46.6 Å². The first kappa shape index (κ1) is 18.3. The topological polar surface area (TPSA) is 60.0 Å². The summed E-state index contributed by atoms with van der Waals surface area (Å²) in [7, 11) is 1.37. The van der Waals surface area contributed by atoms with E-state index in [4.69, 9.17) is 22.1 Å². The molecule has 0 unspecified atom stereocenters. The number of thioether (sulfide) groups is 1. The Hall–Kier alpha value is -2.05. The summed E-state index contributed by atoms with van der Waals surface area (Å²) in [6, 6.07) is 11.2. The van der Waals surface area contributed by atoms with Crippen LogP contribution >= 0.6 is 23.4 Å². The van der Waals surface area contributed by atoms with Crippen molar-refractivity contribution in [2.75, 3.05) is 7.11 Å². The summed E-state index contributed by atoms with van der Waals surface area (Å²) in [5, 5.41) is 8.35. The van der Waals surface area contributed by atoms with E-state index in [0.717, 1.165) is 5.56 Å². The van der Waals surface area contributed by atoms with E-state index in [1.807, 2.05) is 30.3 Å². The van der Waals surface area contributed by atoms with E-state index in [9.17, 15) is 4.39 Å². The summed E-state index contributed by atoms with van der Waals surface area (Å²) >= 11 is 7.45. The van der Waals surface area contributed by atoms with Gasteiger partial charge in [0.25, 0.3) is 0 Å². The van der Waals surface area contributed by atoms with Crippen molar-refractivity contribution in [3.63, 3.8) is 0 Å². The Morgan fingerprint density at radius 3 is 2.75 bits per heavy atom. The maximum Gasteiger partial charge on any atom is 0.180 e. The van der Waals surface area contributed by atoms with Crippen LogP contribution in [0.3, 0.4) is 0 Å². The van der Waals surface area contributed by atoms with Gasteiger partial charge < -0.3 is 10.5 Å². The number of halogens is 2. The second-order valence-electron chi connectivity index (χ2n) is 4.88. The van der Waals surface area contributed by atoms with Gasteiger partial charge in [0, 0.05) is 11.3 Å². The Morgan fingerprint density at radius 2 is 2.08 bits per heavy atom. The minimum Gasteiger partial charge on any atom is -0.492 e. The summed E-state index contributed by atoms with van der Waals surface area (Å²) < 4.78 is 18.8. The zero-order chi connectivity index (χ0) is 17.5. The van der Waals surface area contributed by atoms with E-state index in [1.165, 1.54) is 31.2 Å². The van der Waals surface area contributed by atoms with Crippen LogP contribution in [-0.2, 0) is 5.75 Å². The average Bonchev–Trinajstić information content (AvgIpc) is 2.59. The molecule has 126 valence electrons. The lowest BCUT2D eigenvalue weighted by Gasteiger charge is -2.09. The molecule has 0 saturated carbocycles. The lowest BCUT2D eigenvalue weighted by Crippen LogP contribution is -2.06. The van der Waals surface area contributed by atoms with Gasteiger partial charge in [-0.25, -0.2) is 4.39 Å². The molecule has 0 aliphatic rings. The standard InChI is InChI=1S/C17H17ClFN3OS/c1-11-13(8-14(19)16(23-2)15(11)18)9-21-22-17(20)24-10-12-6-4-3-5-7-12/h3-9H,10H2,1-2H3,(H2,20,22). The van der Waals surface area contributed by atoms with E-state index in [0.29, 0.717) is 22.0 Å². The van der Waals surface area contributed by atoms with Crippen molar-refractivity contribution in [3.8, 4) is 5.75 Å². The van der Waals surface area contributed by atoms with Gasteiger partial charge in [-0.3, -0.25) is 0 Å². The monoisotopic (exact) mass is 365 g/mol. The highest BCUT2D eigenvalue weighted by Gasteiger charge is 2.13. The van der Waals surface area contributed by atoms with E-state index in [1.54, 1.807) is 6.92 Å². The smallest absolute Gasteiger partial charge is 0.180 e. The van der Waals surface area contributed by atoms with Crippen LogP contribution in [0.4, 0.5) is 4.39 Å². The number of nitrogens with zero attached hydrogens (tertiary/aromatic N) is 2.